The number of carbonyl (C=O) groups is 1. The van der Waals surface area contributed by atoms with Crippen LogP contribution in [-0.4, -0.2) is 22.6 Å². The first-order valence-corrected chi connectivity index (χ1v) is 5.78. The summed E-state index contributed by atoms with van der Waals surface area (Å²) in [5.41, 5.74) is 12.4. The molecule has 0 aliphatic heterocycles. The third-order valence-corrected chi connectivity index (χ3v) is 2.54. The summed E-state index contributed by atoms with van der Waals surface area (Å²) in [6.45, 7) is 2.29. The second-order valence-electron chi connectivity index (χ2n) is 4.08. The number of rotatable bonds is 5. The molecule has 0 fully saturated rings. The third kappa shape index (κ3) is 3.21. The van der Waals surface area contributed by atoms with Gasteiger partial charge in [0.15, 0.2) is 5.82 Å². The minimum atomic E-state index is -0.523. The minimum absolute atomic E-state index is 0.365. The van der Waals surface area contributed by atoms with E-state index in [4.69, 9.17) is 16.0 Å². The van der Waals surface area contributed by atoms with Gasteiger partial charge in [-0.15, -0.1) is 0 Å². The zero-order valence-electron chi connectivity index (χ0n) is 10.5. The average molecular weight is 261 g/mol. The van der Waals surface area contributed by atoms with E-state index < -0.39 is 5.91 Å². The van der Waals surface area contributed by atoms with Crippen molar-refractivity contribution < 1.29 is 9.32 Å². The van der Waals surface area contributed by atoms with Crippen LogP contribution in [0, 0.1) is 6.92 Å². The van der Waals surface area contributed by atoms with Crippen molar-refractivity contribution in [2.24, 2.45) is 5.73 Å². The number of nitrogens with one attached hydrogen (secondary N) is 1. The van der Waals surface area contributed by atoms with E-state index in [2.05, 4.69) is 15.5 Å². The zero-order valence-corrected chi connectivity index (χ0v) is 10.5. The van der Waals surface area contributed by atoms with Gasteiger partial charge in [-0.1, -0.05) is 5.16 Å². The lowest BCUT2D eigenvalue weighted by atomic mass is 10.1. The molecule has 1 aromatic carbocycles. The van der Waals surface area contributed by atoms with Crippen LogP contribution in [0.25, 0.3) is 0 Å². The van der Waals surface area contributed by atoms with Gasteiger partial charge >= 0.3 is 0 Å². The molecule has 0 bridgehead atoms. The predicted octanol–water partition coefficient (Wildman–Crippen LogP) is 0.714. The molecule has 1 amide bonds. The van der Waals surface area contributed by atoms with Gasteiger partial charge in [0.25, 0.3) is 5.91 Å². The smallest absolute Gasteiger partial charge is 0.250 e. The highest BCUT2D eigenvalue weighted by atomic mass is 16.5. The molecule has 1 aromatic heterocycles. The fraction of sp³-hybridized carbons (Fsp3) is 0.250. The van der Waals surface area contributed by atoms with Crippen molar-refractivity contribution in [2.75, 3.05) is 17.6 Å². The van der Waals surface area contributed by atoms with Gasteiger partial charge in [0, 0.05) is 31.3 Å². The van der Waals surface area contributed by atoms with E-state index in [1.54, 1.807) is 25.1 Å². The van der Waals surface area contributed by atoms with E-state index >= 15 is 0 Å². The van der Waals surface area contributed by atoms with Crippen LogP contribution in [-0.2, 0) is 6.42 Å². The molecule has 0 aliphatic carbocycles. The lowest BCUT2D eigenvalue weighted by Gasteiger charge is -2.09. The summed E-state index contributed by atoms with van der Waals surface area (Å²) in [7, 11) is 0. The highest BCUT2D eigenvalue weighted by molar-refractivity contribution is 5.99. The number of aromatic nitrogens is 2. The Balaban J connectivity index is 2.01. The maximum absolute atomic E-state index is 11.3. The Hall–Kier alpha value is -2.57. The lowest BCUT2D eigenvalue weighted by molar-refractivity contribution is 0.100. The molecule has 100 valence electrons. The molecule has 0 saturated carbocycles. The first-order chi connectivity index (χ1) is 9.06. The fourth-order valence-electron chi connectivity index (χ4n) is 1.67. The van der Waals surface area contributed by atoms with Gasteiger partial charge in [0.1, 0.15) is 0 Å². The topological polar surface area (TPSA) is 120 Å². The number of anilines is 2. The number of hydrogen-bond acceptors (Lipinski definition) is 6. The van der Waals surface area contributed by atoms with Crippen LogP contribution >= 0.6 is 0 Å². The van der Waals surface area contributed by atoms with Crippen LogP contribution in [0.5, 0.6) is 0 Å². The second-order valence-corrected chi connectivity index (χ2v) is 4.08. The van der Waals surface area contributed by atoms with Gasteiger partial charge in [-0.3, -0.25) is 4.79 Å². The fourth-order valence-corrected chi connectivity index (χ4v) is 1.67. The van der Waals surface area contributed by atoms with Gasteiger partial charge in [-0.2, -0.15) is 4.98 Å². The van der Waals surface area contributed by atoms with E-state index in [0.29, 0.717) is 41.6 Å². The zero-order chi connectivity index (χ0) is 13.8. The molecule has 0 radical (unpaired) electrons. The molecular weight excluding hydrogens is 246 g/mol. The average Bonchev–Trinajstić information content (AvgIpc) is 2.77. The number of amides is 1. The van der Waals surface area contributed by atoms with E-state index in [1.807, 2.05) is 0 Å². The molecule has 2 rings (SSSR count). The number of benzene rings is 1. The van der Waals surface area contributed by atoms with Gasteiger partial charge in [-0.05, 0) is 18.2 Å². The maximum Gasteiger partial charge on any atom is 0.250 e. The van der Waals surface area contributed by atoms with Gasteiger partial charge in [0.05, 0.1) is 5.56 Å². The Bertz CT molecular complexity index is 594. The molecule has 0 atom stereocenters. The lowest BCUT2D eigenvalue weighted by Crippen LogP contribution is -2.16. The number of hydrogen-bond donors (Lipinski definition) is 3. The van der Waals surface area contributed by atoms with Crippen molar-refractivity contribution in [1.29, 1.82) is 0 Å². The molecule has 1 heterocycles. The van der Waals surface area contributed by atoms with E-state index in [9.17, 15) is 4.79 Å². The summed E-state index contributed by atoms with van der Waals surface area (Å²) in [5, 5.41) is 6.88. The van der Waals surface area contributed by atoms with Crippen molar-refractivity contribution in [2.45, 2.75) is 13.3 Å². The minimum Gasteiger partial charge on any atom is -0.399 e. The Morgan fingerprint density at radius 1 is 1.47 bits per heavy atom. The van der Waals surface area contributed by atoms with Gasteiger partial charge in [-0.25, -0.2) is 0 Å². The highest BCUT2D eigenvalue weighted by Gasteiger charge is 2.09. The Morgan fingerprint density at radius 2 is 2.26 bits per heavy atom. The summed E-state index contributed by atoms with van der Waals surface area (Å²) in [6, 6.07) is 4.97. The number of nitrogens with zero attached hydrogens (tertiary/aromatic N) is 2. The van der Waals surface area contributed by atoms with Crippen LogP contribution in [0.4, 0.5) is 11.4 Å². The molecular formula is C12H15N5O2. The van der Waals surface area contributed by atoms with Crippen LogP contribution in [0.1, 0.15) is 22.1 Å². The molecule has 0 unspecified atom stereocenters. The van der Waals surface area contributed by atoms with Gasteiger partial charge < -0.3 is 21.3 Å². The summed E-state index contributed by atoms with van der Waals surface area (Å²) >= 11 is 0. The molecule has 7 heteroatoms. The molecule has 0 spiro atoms. The molecule has 0 saturated heterocycles. The Labute approximate surface area is 110 Å². The summed E-state index contributed by atoms with van der Waals surface area (Å²) in [5.74, 6) is 0.617. The van der Waals surface area contributed by atoms with E-state index in [1.165, 1.54) is 0 Å². The van der Waals surface area contributed by atoms with Crippen LogP contribution in [0.3, 0.4) is 0 Å². The van der Waals surface area contributed by atoms with Gasteiger partial charge in [0.2, 0.25) is 5.89 Å². The first kappa shape index (κ1) is 12.9. The van der Waals surface area contributed by atoms with Crippen molar-refractivity contribution in [3.63, 3.8) is 0 Å². The number of aryl methyl sites for hydroxylation is 1. The predicted molar refractivity (Wildman–Crippen MR) is 70.6 cm³/mol. The number of nitrogens with two attached hydrogens (primary N) is 2. The third-order valence-electron chi connectivity index (χ3n) is 2.54. The van der Waals surface area contributed by atoms with Crippen LogP contribution in [0.2, 0.25) is 0 Å². The van der Waals surface area contributed by atoms with Crippen molar-refractivity contribution in [1.82, 2.24) is 10.1 Å². The molecule has 5 N–H and O–H groups in total. The number of carbonyl (C=O) groups excluding carboxylic acids is 1. The van der Waals surface area contributed by atoms with E-state index in [-0.39, 0.29) is 0 Å². The summed E-state index contributed by atoms with van der Waals surface area (Å²) in [6.07, 6.45) is 0.583. The maximum atomic E-state index is 11.3. The molecule has 19 heavy (non-hydrogen) atoms. The second kappa shape index (κ2) is 5.38. The quantitative estimate of drug-likeness (QED) is 0.682. The van der Waals surface area contributed by atoms with Crippen LogP contribution in [0.15, 0.2) is 22.7 Å². The molecule has 0 aliphatic rings. The molecule has 2 aromatic rings. The SMILES string of the molecule is Cc1nc(CCNc2ccc(N)cc2C(N)=O)no1. The highest BCUT2D eigenvalue weighted by Crippen LogP contribution is 2.18. The normalized spacial score (nSPS) is 10.4. The van der Waals surface area contributed by atoms with Crippen LogP contribution < -0.4 is 16.8 Å². The van der Waals surface area contributed by atoms with E-state index in [0.717, 1.165) is 0 Å². The summed E-state index contributed by atoms with van der Waals surface area (Å²) < 4.78 is 4.87. The monoisotopic (exact) mass is 261 g/mol. The Kier molecular flexibility index (Phi) is 3.65. The standard InChI is InChI=1S/C12H15N5O2/c1-7-16-11(17-19-7)4-5-15-10-3-2-8(13)6-9(10)12(14)18/h2-3,6,15H,4-5,13H2,1H3,(H2,14,18). The number of primary amides is 1. The van der Waals surface area contributed by atoms with Crippen molar-refractivity contribution in [3.8, 4) is 0 Å². The molecule has 7 nitrogen and oxygen atoms in total. The van der Waals surface area contributed by atoms with Crippen molar-refractivity contribution in [3.05, 3.63) is 35.5 Å². The Morgan fingerprint density at radius 3 is 2.89 bits per heavy atom. The first-order valence-electron chi connectivity index (χ1n) is 5.78. The number of nitrogen functional groups attached to an aromatic ring is 1. The van der Waals surface area contributed by atoms with Crippen molar-refractivity contribution >= 4 is 17.3 Å². The summed E-state index contributed by atoms with van der Waals surface area (Å²) in [4.78, 5) is 15.4. The largest absolute Gasteiger partial charge is 0.399 e.